The molecule has 0 aromatic heterocycles. The molecule has 5 nitrogen and oxygen atoms in total. The van der Waals surface area contributed by atoms with Crippen LogP contribution in [0.4, 0.5) is 11.4 Å². The van der Waals surface area contributed by atoms with Crippen LogP contribution in [0.2, 0.25) is 0 Å². The summed E-state index contributed by atoms with van der Waals surface area (Å²) in [6.07, 6.45) is 0.520. The molecule has 0 heterocycles. The minimum absolute atomic E-state index is 0.0575. The lowest BCUT2D eigenvalue weighted by molar-refractivity contribution is -0.122. The third-order valence-electron chi connectivity index (χ3n) is 4.79. The normalized spacial score (nSPS) is 18.3. The fourth-order valence-electron chi connectivity index (χ4n) is 2.98. The number of carbonyl (C=O) groups is 2. The van der Waals surface area contributed by atoms with E-state index < -0.39 is 0 Å². The Morgan fingerprint density at radius 2 is 1.56 bits per heavy atom. The maximum Gasteiger partial charge on any atom is 0.228 e. The first-order valence-corrected chi connectivity index (χ1v) is 9.01. The zero-order valence-corrected chi connectivity index (χ0v) is 15.7. The highest BCUT2D eigenvalue weighted by Gasteiger charge is 2.48. The molecular weight excluding hydrogens is 338 g/mol. The first-order valence-electron chi connectivity index (χ1n) is 9.01. The lowest BCUT2D eigenvalue weighted by Crippen LogP contribution is -2.21. The van der Waals surface area contributed by atoms with Crippen LogP contribution in [-0.4, -0.2) is 11.8 Å². The Hall–Kier alpha value is -3.13. The number of benzene rings is 2. The van der Waals surface area contributed by atoms with Gasteiger partial charge in [-0.2, -0.15) is 5.26 Å². The van der Waals surface area contributed by atoms with E-state index in [1.807, 2.05) is 30.3 Å². The highest BCUT2D eigenvalue weighted by Crippen LogP contribution is 2.40. The number of hydrogen-bond acceptors (Lipinski definition) is 3. The first kappa shape index (κ1) is 18.7. The largest absolute Gasteiger partial charge is 0.326 e. The Bertz CT molecular complexity index is 904. The van der Waals surface area contributed by atoms with Crippen LogP contribution in [0.15, 0.2) is 48.5 Å². The predicted molar refractivity (Wildman–Crippen MR) is 105 cm³/mol. The highest BCUT2D eigenvalue weighted by atomic mass is 16.2. The van der Waals surface area contributed by atoms with Gasteiger partial charge in [-0.1, -0.05) is 45.0 Å². The SMILES string of the molecule is CC(C)(C)c1ccc(NC(=O)C2CC2C(=O)Nc2ccccc2C#N)cc1. The van der Waals surface area contributed by atoms with Crippen LogP contribution in [0, 0.1) is 23.2 Å². The number of hydrogen-bond donors (Lipinski definition) is 2. The van der Waals surface area contributed by atoms with Crippen LogP contribution < -0.4 is 10.6 Å². The van der Waals surface area contributed by atoms with Crippen molar-refractivity contribution in [1.29, 1.82) is 5.26 Å². The number of nitrogens with zero attached hydrogens (tertiary/aromatic N) is 1. The molecule has 1 aliphatic carbocycles. The molecule has 0 saturated heterocycles. The number of anilines is 2. The zero-order valence-electron chi connectivity index (χ0n) is 15.7. The van der Waals surface area contributed by atoms with E-state index in [-0.39, 0.29) is 29.1 Å². The Morgan fingerprint density at radius 1 is 0.963 bits per heavy atom. The summed E-state index contributed by atoms with van der Waals surface area (Å²) in [5.74, 6) is -1.06. The van der Waals surface area contributed by atoms with E-state index in [9.17, 15) is 9.59 Å². The van der Waals surface area contributed by atoms with E-state index in [4.69, 9.17) is 5.26 Å². The van der Waals surface area contributed by atoms with E-state index in [1.54, 1.807) is 24.3 Å². The molecule has 0 radical (unpaired) electrons. The summed E-state index contributed by atoms with van der Waals surface area (Å²) in [6, 6.07) is 16.7. The molecular formula is C22H23N3O2. The maximum atomic E-state index is 12.4. The Kier molecular flexibility index (Phi) is 5.00. The van der Waals surface area contributed by atoms with Crippen molar-refractivity contribution in [2.45, 2.75) is 32.6 Å². The second-order valence-electron chi connectivity index (χ2n) is 7.91. The zero-order chi connectivity index (χ0) is 19.6. The lowest BCUT2D eigenvalue weighted by atomic mass is 9.87. The van der Waals surface area contributed by atoms with Crippen molar-refractivity contribution in [2.24, 2.45) is 11.8 Å². The second kappa shape index (κ2) is 7.24. The number of nitrogens with one attached hydrogen (secondary N) is 2. The predicted octanol–water partition coefficient (Wildman–Crippen LogP) is 4.07. The van der Waals surface area contributed by atoms with Crippen LogP contribution in [0.5, 0.6) is 0 Å². The summed E-state index contributed by atoms with van der Waals surface area (Å²) in [5.41, 5.74) is 2.87. The number of para-hydroxylation sites is 1. The third-order valence-corrected chi connectivity index (χ3v) is 4.79. The average molecular weight is 361 g/mol. The summed E-state index contributed by atoms with van der Waals surface area (Å²) >= 11 is 0. The molecule has 27 heavy (non-hydrogen) atoms. The van der Waals surface area contributed by atoms with Crippen molar-refractivity contribution < 1.29 is 9.59 Å². The van der Waals surface area contributed by atoms with Gasteiger partial charge in [-0.15, -0.1) is 0 Å². The molecule has 0 aliphatic heterocycles. The number of rotatable bonds is 4. The van der Waals surface area contributed by atoms with Gasteiger partial charge in [0.1, 0.15) is 6.07 Å². The van der Waals surface area contributed by atoms with Gasteiger partial charge < -0.3 is 10.6 Å². The van der Waals surface area contributed by atoms with Crippen molar-refractivity contribution in [2.75, 3.05) is 10.6 Å². The third kappa shape index (κ3) is 4.35. The maximum absolute atomic E-state index is 12.4. The fourth-order valence-corrected chi connectivity index (χ4v) is 2.98. The summed E-state index contributed by atoms with van der Waals surface area (Å²) in [5, 5.41) is 14.7. The van der Waals surface area contributed by atoms with Gasteiger partial charge in [-0.3, -0.25) is 9.59 Å². The molecule has 2 N–H and O–H groups in total. The van der Waals surface area contributed by atoms with Crippen molar-refractivity contribution in [3.05, 3.63) is 59.7 Å². The molecule has 0 spiro atoms. The topological polar surface area (TPSA) is 82.0 Å². The van der Waals surface area contributed by atoms with Crippen molar-refractivity contribution >= 4 is 23.2 Å². The van der Waals surface area contributed by atoms with E-state index in [0.717, 1.165) is 5.69 Å². The summed E-state index contributed by atoms with van der Waals surface area (Å²) < 4.78 is 0. The van der Waals surface area contributed by atoms with Crippen LogP contribution in [0.25, 0.3) is 0 Å². The van der Waals surface area contributed by atoms with Gasteiger partial charge in [-0.05, 0) is 41.7 Å². The van der Waals surface area contributed by atoms with Crippen LogP contribution in [0.3, 0.4) is 0 Å². The first-order chi connectivity index (χ1) is 12.8. The van der Waals surface area contributed by atoms with Gasteiger partial charge in [0.2, 0.25) is 11.8 Å². The fraction of sp³-hybridized carbons (Fsp3) is 0.318. The highest BCUT2D eigenvalue weighted by molar-refractivity contribution is 6.03. The van der Waals surface area contributed by atoms with E-state index >= 15 is 0 Å². The van der Waals surface area contributed by atoms with Gasteiger partial charge in [0.15, 0.2) is 0 Å². The Labute approximate surface area is 159 Å². The smallest absolute Gasteiger partial charge is 0.228 e. The molecule has 2 atom stereocenters. The molecule has 2 aromatic rings. The van der Waals surface area contributed by atoms with Crippen molar-refractivity contribution in [3.63, 3.8) is 0 Å². The number of nitriles is 1. The Morgan fingerprint density at radius 3 is 2.15 bits per heavy atom. The molecule has 1 saturated carbocycles. The van der Waals surface area contributed by atoms with Crippen molar-refractivity contribution in [1.82, 2.24) is 0 Å². The molecule has 2 unspecified atom stereocenters. The molecule has 138 valence electrons. The second-order valence-corrected chi connectivity index (χ2v) is 7.91. The standard InChI is InChI=1S/C22H23N3O2/c1-22(2,3)15-8-10-16(11-9-15)24-20(26)17-12-18(17)21(27)25-19-7-5-4-6-14(19)13-23/h4-11,17-18H,12H2,1-3H3,(H,24,26)(H,25,27). The summed E-state index contributed by atoms with van der Waals surface area (Å²) in [6.45, 7) is 6.41. The van der Waals surface area contributed by atoms with Crippen LogP contribution in [-0.2, 0) is 15.0 Å². The molecule has 1 fully saturated rings. The number of carbonyl (C=O) groups excluding carboxylic acids is 2. The molecule has 2 aromatic carbocycles. The van der Waals surface area contributed by atoms with Gasteiger partial charge >= 0.3 is 0 Å². The average Bonchev–Trinajstić information content (AvgIpc) is 3.43. The lowest BCUT2D eigenvalue weighted by Gasteiger charge is -2.19. The van der Waals surface area contributed by atoms with E-state index in [0.29, 0.717) is 17.7 Å². The summed E-state index contributed by atoms with van der Waals surface area (Å²) in [4.78, 5) is 24.8. The van der Waals surface area contributed by atoms with E-state index in [2.05, 4.69) is 31.4 Å². The quantitative estimate of drug-likeness (QED) is 0.861. The van der Waals surface area contributed by atoms with Gasteiger partial charge in [0.05, 0.1) is 23.1 Å². The van der Waals surface area contributed by atoms with E-state index in [1.165, 1.54) is 5.56 Å². The molecule has 1 aliphatic rings. The number of amides is 2. The van der Waals surface area contributed by atoms with Gasteiger partial charge in [0, 0.05) is 5.69 Å². The molecule has 3 rings (SSSR count). The molecule has 5 heteroatoms. The summed E-state index contributed by atoms with van der Waals surface area (Å²) in [7, 11) is 0. The Balaban J connectivity index is 1.57. The minimum Gasteiger partial charge on any atom is -0.326 e. The van der Waals surface area contributed by atoms with Crippen molar-refractivity contribution in [3.8, 4) is 6.07 Å². The van der Waals surface area contributed by atoms with Gasteiger partial charge in [0.25, 0.3) is 0 Å². The van der Waals surface area contributed by atoms with Crippen LogP contribution >= 0.6 is 0 Å². The van der Waals surface area contributed by atoms with Gasteiger partial charge in [-0.25, -0.2) is 0 Å². The minimum atomic E-state index is -0.356. The monoisotopic (exact) mass is 361 g/mol. The molecule has 2 amide bonds. The molecule has 0 bridgehead atoms. The van der Waals surface area contributed by atoms with Crippen LogP contribution in [0.1, 0.15) is 38.3 Å².